The van der Waals surface area contributed by atoms with Crippen LogP contribution in [0.15, 0.2) is 33.3 Å². The van der Waals surface area contributed by atoms with Crippen LogP contribution in [0.2, 0.25) is 0 Å². The lowest BCUT2D eigenvalue weighted by Gasteiger charge is -2.24. The number of carbonyl (C=O) groups is 1. The molecule has 0 aliphatic rings. The Morgan fingerprint density at radius 1 is 1.41 bits per heavy atom. The average molecular weight is 390 g/mol. The third-order valence-electron chi connectivity index (χ3n) is 3.11. The molecule has 8 heteroatoms. The minimum atomic E-state index is -1.09. The number of halogens is 2. The van der Waals surface area contributed by atoms with Crippen molar-refractivity contribution in [1.82, 2.24) is 15.5 Å². The normalized spacial score (nSPS) is 13.1. The highest BCUT2D eigenvalue weighted by Gasteiger charge is 2.30. The third kappa shape index (κ3) is 4.53. The fraction of sp³-hybridized carbons (Fsp3) is 0.357. The number of aryl methyl sites for hydroxylation is 1. The lowest BCUT2D eigenvalue weighted by molar-refractivity contribution is -0.126. The Morgan fingerprint density at radius 2 is 2.05 bits per heavy atom. The van der Waals surface area contributed by atoms with Crippen molar-refractivity contribution in [3.05, 3.63) is 46.0 Å². The largest absolute Gasteiger partial charge is 0.354 e. The van der Waals surface area contributed by atoms with Crippen LogP contribution in [0.1, 0.15) is 24.2 Å². The van der Waals surface area contributed by atoms with Crippen molar-refractivity contribution in [2.75, 3.05) is 6.54 Å². The van der Waals surface area contributed by atoms with E-state index >= 15 is 0 Å². The Kier molecular flexibility index (Phi) is 6.52. The van der Waals surface area contributed by atoms with Crippen LogP contribution in [0.25, 0.3) is 0 Å². The van der Waals surface area contributed by atoms with Gasteiger partial charge in [0.1, 0.15) is 5.54 Å². The Labute approximate surface area is 143 Å². The van der Waals surface area contributed by atoms with E-state index in [2.05, 4.69) is 31.4 Å². The van der Waals surface area contributed by atoms with E-state index in [4.69, 9.17) is 10.3 Å². The second-order valence-corrected chi connectivity index (χ2v) is 5.87. The molecule has 0 fully saturated rings. The predicted octanol–water partition coefficient (Wildman–Crippen LogP) is 2.10. The molecule has 0 spiro atoms. The first-order chi connectivity index (χ1) is 9.89. The molecule has 1 amide bonds. The van der Waals surface area contributed by atoms with Crippen LogP contribution in [0.3, 0.4) is 0 Å². The number of nitrogens with one attached hydrogen (secondary N) is 1. The van der Waals surface area contributed by atoms with Gasteiger partial charge in [-0.25, -0.2) is 0 Å². The van der Waals surface area contributed by atoms with Crippen LogP contribution in [-0.4, -0.2) is 22.6 Å². The third-order valence-corrected chi connectivity index (χ3v) is 3.64. The van der Waals surface area contributed by atoms with Gasteiger partial charge in [0.2, 0.25) is 11.8 Å². The molecule has 2 aromatic rings. The molecule has 0 aliphatic carbocycles. The molecule has 1 heterocycles. The molecule has 0 radical (unpaired) electrons. The van der Waals surface area contributed by atoms with Gasteiger partial charge in [-0.15, -0.1) is 12.4 Å². The van der Waals surface area contributed by atoms with Gasteiger partial charge < -0.3 is 15.6 Å². The molecule has 3 N–H and O–H groups in total. The van der Waals surface area contributed by atoms with Crippen LogP contribution in [0.4, 0.5) is 0 Å². The van der Waals surface area contributed by atoms with E-state index in [0.717, 1.165) is 10.0 Å². The van der Waals surface area contributed by atoms with Gasteiger partial charge in [-0.2, -0.15) is 4.98 Å². The highest BCUT2D eigenvalue weighted by Crippen LogP contribution is 2.20. The van der Waals surface area contributed by atoms with Crippen LogP contribution in [0.5, 0.6) is 0 Å². The molecule has 1 aromatic carbocycles. The van der Waals surface area contributed by atoms with Gasteiger partial charge in [-0.1, -0.05) is 33.2 Å². The number of hydrogen-bond acceptors (Lipinski definition) is 5. The molecule has 6 nitrogen and oxygen atoms in total. The summed E-state index contributed by atoms with van der Waals surface area (Å²) in [5.74, 6) is 0.825. The highest BCUT2D eigenvalue weighted by atomic mass is 79.9. The van der Waals surface area contributed by atoms with Crippen molar-refractivity contribution < 1.29 is 9.32 Å². The molecule has 0 saturated heterocycles. The summed E-state index contributed by atoms with van der Waals surface area (Å²) in [6, 6.07) is 7.36. The summed E-state index contributed by atoms with van der Waals surface area (Å²) in [7, 11) is 0. The molecule has 1 unspecified atom stereocenters. The van der Waals surface area contributed by atoms with Gasteiger partial charge in [0.15, 0.2) is 5.82 Å². The zero-order chi connectivity index (χ0) is 15.5. The molecule has 0 aliphatic heterocycles. The second-order valence-electron chi connectivity index (χ2n) is 4.95. The second kappa shape index (κ2) is 7.71. The van der Waals surface area contributed by atoms with Gasteiger partial charge in [0.05, 0.1) is 0 Å². The van der Waals surface area contributed by atoms with Gasteiger partial charge in [0.25, 0.3) is 0 Å². The van der Waals surface area contributed by atoms with Crippen molar-refractivity contribution in [3.63, 3.8) is 0 Å². The maximum Gasteiger partial charge on any atom is 0.244 e. The maximum absolute atomic E-state index is 12.2. The fourth-order valence-electron chi connectivity index (χ4n) is 1.84. The quantitative estimate of drug-likeness (QED) is 0.816. The lowest BCUT2D eigenvalue weighted by atomic mass is 9.92. The maximum atomic E-state index is 12.2. The van der Waals surface area contributed by atoms with Crippen molar-refractivity contribution in [3.8, 4) is 0 Å². The first kappa shape index (κ1) is 18.6. The average Bonchev–Trinajstić information content (AvgIpc) is 2.85. The van der Waals surface area contributed by atoms with Crippen LogP contribution in [0, 0.1) is 6.92 Å². The first-order valence-corrected chi connectivity index (χ1v) is 7.31. The van der Waals surface area contributed by atoms with E-state index < -0.39 is 5.54 Å². The molecule has 0 bridgehead atoms. The van der Waals surface area contributed by atoms with Crippen molar-refractivity contribution in [2.45, 2.75) is 25.8 Å². The zero-order valence-electron chi connectivity index (χ0n) is 12.3. The summed E-state index contributed by atoms with van der Waals surface area (Å²) in [5, 5.41) is 6.48. The van der Waals surface area contributed by atoms with E-state index in [1.54, 1.807) is 13.8 Å². The number of aromatic nitrogens is 2. The number of amides is 1. The van der Waals surface area contributed by atoms with E-state index in [-0.39, 0.29) is 18.3 Å². The molecule has 22 heavy (non-hydrogen) atoms. The fourth-order valence-corrected chi connectivity index (χ4v) is 2.10. The highest BCUT2D eigenvalue weighted by molar-refractivity contribution is 9.10. The van der Waals surface area contributed by atoms with Crippen LogP contribution >= 0.6 is 28.3 Å². The van der Waals surface area contributed by atoms with E-state index in [9.17, 15) is 4.79 Å². The Balaban J connectivity index is 0.00000242. The van der Waals surface area contributed by atoms with Gasteiger partial charge in [0, 0.05) is 17.4 Å². The van der Waals surface area contributed by atoms with Gasteiger partial charge in [-0.05, 0) is 31.5 Å². The number of carbonyl (C=O) groups excluding carboxylic acids is 1. The molecular formula is C14H18BrClN4O2. The molecule has 0 saturated carbocycles. The SMILES string of the molecule is Cc1noc(CCNC(=O)C(C)(N)c2ccc(Br)cc2)n1.Cl. The standard InChI is InChI=1S/C14H17BrN4O2.ClH/c1-9-18-12(21-19-9)7-8-17-13(20)14(2,16)10-3-5-11(15)6-4-10;/h3-6H,7-8,16H2,1-2H3,(H,17,20);1H. The van der Waals surface area contributed by atoms with Crippen molar-refractivity contribution >= 4 is 34.2 Å². The zero-order valence-corrected chi connectivity index (χ0v) is 14.7. The first-order valence-electron chi connectivity index (χ1n) is 6.52. The molecular weight excluding hydrogens is 372 g/mol. The molecule has 2 rings (SSSR count). The van der Waals surface area contributed by atoms with E-state index in [0.29, 0.717) is 24.7 Å². The number of nitrogens with zero attached hydrogens (tertiary/aromatic N) is 2. The number of nitrogens with two attached hydrogens (primary N) is 1. The summed E-state index contributed by atoms with van der Waals surface area (Å²) < 4.78 is 5.92. The summed E-state index contributed by atoms with van der Waals surface area (Å²) in [6.07, 6.45) is 0.475. The number of benzene rings is 1. The van der Waals surface area contributed by atoms with Gasteiger partial charge in [-0.3, -0.25) is 4.79 Å². The minimum absolute atomic E-state index is 0. The molecule has 120 valence electrons. The molecule has 1 atom stereocenters. The topological polar surface area (TPSA) is 94.0 Å². The summed E-state index contributed by atoms with van der Waals surface area (Å²) >= 11 is 3.35. The van der Waals surface area contributed by atoms with E-state index in [1.807, 2.05) is 24.3 Å². The van der Waals surface area contributed by atoms with Crippen molar-refractivity contribution in [1.29, 1.82) is 0 Å². The van der Waals surface area contributed by atoms with Gasteiger partial charge >= 0.3 is 0 Å². The van der Waals surface area contributed by atoms with Crippen LogP contribution in [-0.2, 0) is 16.8 Å². The van der Waals surface area contributed by atoms with E-state index in [1.165, 1.54) is 0 Å². The Bertz CT molecular complexity index is 628. The van der Waals surface area contributed by atoms with Crippen molar-refractivity contribution in [2.24, 2.45) is 5.73 Å². The minimum Gasteiger partial charge on any atom is -0.354 e. The molecule has 1 aromatic heterocycles. The predicted molar refractivity (Wildman–Crippen MR) is 88.7 cm³/mol. The van der Waals surface area contributed by atoms with Crippen LogP contribution < -0.4 is 11.1 Å². The summed E-state index contributed by atoms with van der Waals surface area (Å²) in [5.41, 5.74) is 5.79. The Hall–Kier alpha value is -1.44. The monoisotopic (exact) mass is 388 g/mol. The lowest BCUT2D eigenvalue weighted by Crippen LogP contribution is -2.49. The Morgan fingerprint density at radius 3 is 2.59 bits per heavy atom. The number of hydrogen-bond donors (Lipinski definition) is 2. The smallest absolute Gasteiger partial charge is 0.244 e. The number of rotatable bonds is 5. The summed E-state index contributed by atoms with van der Waals surface area (Å²) in [4.78, 5) is 16.3. The summed E-state index contributed by atoms with van der Waals surface area (Å²) in [6.45, 7) is 3.82.